The Kier molecular flexibility index (Phi) is 5.76. The summed E-state index contributed by atoms with van der Waals surface area (Å²) in [5.41, 5.74) is 2.71. The van der Waals surface area contributed by atoms with Crippen molar-refractivity contribution in [3.05, 3.63) is 18.4 Å². The summed E-state index contributed by atoms with van der Waals surface area (Å²) >= 11 is 1.87. The standard InChI is InChI=1S/C6H10S/c1-3-5-6-7-4-2/h5H,1,4,6H2,2H3. The van der Waals surface area contributed by atoms with Gasteiger partial charge < -0.3 is 0 Å². The Morgan fingerprint density at radius 2 is 2.57 bits per heavy atom. The van der Waals surface area contributed by atoms with Gasteiger partial charge in [0.25, 0.3) is 0 Å². The summed E-state index contributed by atoms with van der Waals surface area (Å²) in [4.78, 5) is 0. The van der Waals surface area contributed by atoms with Gasteiger partial charge in [-0.2, -0.15) is 11.8 Å². The highest BCUT2D eigenvalue weighted by Crippen LogP contribution is 1.95. The van der Waals surface area contributed by atoms with Crippen LogP contribution in [0, 0.1) is 0 Å². The van der Waals surface area contributed by atoms with Crippen LogP contribution < -0.4 is 0 Å². The fraction of sp³-hybridized carbons (Fsp3) is 0.500. The molecule has 0 rings (SSSR count). The van der Waals surface area contributed by atoms with Crippen LogP contribution in [0.3, 0.4) is 0 Å². The fourth-order valence-corrected chi connectivity index (χ4v) is 0.707. The summed E-state index contributed by atoms with van der Waals surface area (Å²) in [6, 6.07) is 0. The van der Waals surface area contributed by atoms with E-state index in [1.807, 2.05) is 17.8 Å². The average molecular weight is 114 g/mol. The minimum Gasteiger partial charge on any atom is -0.157 e. The Hall–Kier alpha value is -0.130. The summed E-state index contributed by atoms with van der Waals surface area (Å²) in [5, 5.41) is 0. The first kappa shape index (κ1) is 6.87. The first-order valence-electron chi connectivity index (χ1n) is 2.33. The van der Waals surface area contributed by atoms with Gasteiger partial charge in [-0.3, -0.25) is 0 Å². The minimum absolute atomic E-state index is 1.06. The zero-order valence-corrected chi connectivity index (χ0v) is 5.42. The van der Waals surface area contributed by atoms with Gasteiger partial charge >= 0.3 is 0 Å². The number of thioether (sulfide) groups is 1. The molecule has 1 heteroatoms. The Bertz CT molecular complexity index is 70.2. The monoisotopic (exact) mass is 114 g/mol. The summed E-state index contributed by atoms with van der Waals surface area (Å²) in [6.45, 7) is 5.58. The maximum absolute atomic E-state index is 3.44. The first-order valence-corrected chi connectivity index (χ1v) is 3.49. The molecule has 0 bridgehead atoms. The summed E-state index contributed by atoms with van der Waals surface area (Å²) < 4.78 is 0. The van der Waals surface area contributed by atoms with Crippen LogP contribution >= 0.6 is 11.8 Å². The lowest BCUT2D eigenvalue weighted by molar-refractivity contribution is 1.52. The van der Waals surface area contributed by atoms with Crippen molar-refractivity contribution in [2.75, 3.05) is 11.5 Å². The van der Waals surface area contributed by atoms with E-state index in [0.29, 0.717) is 0 Å². The molecule has 0 aromatic carbocycles. The van der Waals surface area contributed by atoms with Crippen molar-refractivity contribution in [1.29, 1.82) is 0 Å². The molecule has 0 aromatic heterocycles. The van der Waals surface area contributed by atoms with Gasteiger partial charge in [0, 0.05) is 5.75 Å². The molecule has 0 heterocycles. The Labute approximate surface area is 49.3 Å². The Balaban J connectivity index is 2.83. The molecule has 0 amide bonds. The van der Waals surface area contributed by atoms with Crippen LogP contribution in [0.5, 0.6) is 0 Å². The van der Waals surface area contributed by atoms with Crippen LogP contribution in [-0.2, 0) is 0 Å². The third-order valence-electron chi connectivity index (χ3n) is 0.550. The van der Waals surface area contributed by atoms with Gasteiger partial charge in [-0.25, -0.2) is 0 Å². The number of rotatable bonds is 3. The molecule has 7 heavy (non-hydrogen) atoms. The van der Waals surface area contributed by atoms with Crippen molar-refractivity contribution >= 4 is 11.8 Å². The van der Waals surface area contributed by atoms with Crippen LogP contribution in [0.25, 0.3) is 0 Å². The van der Waals surface area contributed by atoms with Gasteiger partial charge in [0.05, 0.1) is 0 Å². The fourth-order valence-electron chi connectivity index (χ4n) is 0.236. The molecule has 0 unspecified atom stereocenters. The third-order valence-corrected chi connectivity index (χ3v) is 1.36. The van der Waals surface area contributed by atoms with Gasteiger partial charge in [-0.1, -0.05) is 13.5 Å². The van der Waals surface area contributed by atoms with Crippen molar-refractivity contribution in [3.8, 4) is 0 Å². The maximum atomic E-state index is 3.44. The summed E-state index contributed by atoms with van der Waals surface area (Å²) in [7, 11) is 0. The van der Waals surface area contributed by atoms with E-state index in [2.05, 4.69) is 19.2 Å². The molecule has 0 aliphatic heterocycles. The van der Waals surface area contributed by atoms with E-state index in [-0.39, 0.29) is 0 Å². The maximum Gasteiger partial charge on any atom is 0.0188 e. The molecule has 0 fully saturated rings. The lowest BCUT2D eigenvalue weighted by Crippen LogP contribution is -1.67. The molecule has 0 radical (unpaired) electrons. The van der Waals surface area contributed by atoms with Gasteiger partial charge in [0.15, 0.2) is 0 Å². The van der Waals surface area contributed by atoms with E-state index >= 15 is 0 Å². The van der Waals surface area contributed by atoms with Crippen molar-refractivity contribution < 1.29 is 0 Å². The molecular weight excluding hydrogens is 104 g/mol. The molecule has 0 nitrogen and oxygen atoms in total. The summed E-state index contributed by atoms with van der Waals surface area (Å²) in [5.74, 6) is 2.23. The highest BCUT2D eigenvalue weighted by molar-refractivity contribution is 7.99. The zero-order valence-electron chi connectivity index (χ0n) is 4.61. The molecule has 0 spiro atoms. The van der Waals surface area contributed by atoms with E-state index in [4.69, 9.17) is 0 Å². The number of hydrogen-bond donors (Lipinski definition) is 0. The molecule has 0 saturated carbocycles. The highest BCUT2D eigenvalue weighted by Gasteiger charge is 1.72. The molecule has 0 aromatic rings. The molecule has 0 aliphatic rings. The first-order chi connectivity index (χ1) is 3.41. The van der Waals surface area contributed by atoms with Crippen LogP contribution in [0.1, 0.15) is 6.92 Å². The van der Waals surface area contributed by atoms with Crippen molar-refractivity contribution in [1.82, 2.24) is 0 Å². The highest BCUT2D eigenvalue weighted by atomic mass is 32.2. The molecule has 40 valence electrons. The van der Waals surface area contributed by atoms with Gasteiger partial charge in [0.1, 0.15) is 0 Å². The van der Waals surface area contributed by atoms with Crippen molar-refractivity contribution in [2.45, 2.75) is 6.92 Å². The lowest BCUT2D eigenvalue weighted by atomic mass is 10.7. The molecule has 0 saturated heterocycles. The van der Waals surface area contributed by atoms with Crippen LogP contribution in [-0.4, -0.2) is 11.5 Å². The van der Waals surface area contributed by atoms with Crippen LogP contribution in [0.15, 0.2) is 18.4 Å². The normalized spacial score (nSPS) is 7.57. The predicted octanol–water partition coefficient (Wildman–Crippen LogP) is 2.08. The van der Waals surface area contributed by atoms with E-state index in [0.717, 1.165) is 5.75 Å². The van der Waals surface area contributed by atoms with Gasteiger partial charge in [0.2, 0.25) is 0 Å². The predicted molar refractivity (Wildman–Crippen MR) is 36.7 cm³/mol. The summed E-state index contributed by atoms with van der Waals surface area (Å²) in [6.07, 6.45) is 1.94. The van der Waals surface area contributed by atoms with E-state index in [1.54, 1.807) is 0 Å². The van der Waals surface area contributed by atoms with Crippen LogP contribution in [0.4, 0.5) is 0 Å². The molecule has 0 atom stereocenters. The second-order valence-electron chi connectivity index (χ2n) is 1.07. The second-order valence-corrected chi connectivity index (χ2v) is 2.39. The SMILES string of the molecule is C=C=CCSCC. The second kappa shape index (κ2) is 5.87. The smallest absolute Gasteiger partial charge is 0.0188 e. The largest absolute Gasteiger partial charge is 0.157 e. The van der Waals surface area contributed by atoms with Crippen molar-refractivity contribution in [2.24, 2.45) is 0 Å². The topological polar surface area (TPSA) is 0 Å². The van der Waals surface area contributed by atoms with Crippen molar-refractivity contribution in [3.63, 3.8) is 0 Å². The van der Waals surface area contributed by atoms with E-state index in [9.17, 15) is 0 Å². The van der Waals surface area contributed by atoms with E-state index < -0.39 is 0 Å². The quantitative estimate of drug-likeness (QED) is 0.400. The molecular formula is C6H10S. The van der Waals surface area contributed by atoms with E-state index in [1.165, 1.54) is 5.75 Å². The van der Waals surface area contributed by atoms with Gasteiger partial charge in [-0.15, -0.1) is 5.73 Å². The average Bonchev–Trinajstić information content (AvgIpc) is 1.69. The zero-order chi connectivity index (χ0) is 5.54. The van der Waals surface area contributed by atoms with Crippen LogP contribution in [0.2, 0.25) is 0 Å². The third kappa shape index (κ3) is 5.87. The molecule has 0 N–H and O–H groups in total. The number of hydrogen-bond acceptors (Lipinski definition) is 1. The lowest BCUT2D eigenvalue weighted by Gasteiger charge is -1.83. The minimum atomic E-state index is 1.06. The Morgan fingerprint density at radius 3 is 3.00 bits per heavy atom. The molecule has 0 aliphatic carbocycles. The van der Waals surface area contributed by atoms with Gasteiger partial charge in [-0.05, 0) is 11.8 Å². The Morgan fingerprint density at radius 1 is 1.86 bits per heavy atom.